The molecule has 31 heavy (non-hydrogen) atoms. The van der Waals surface area contributed by atoms with Crippen LogP contribution in [0, 0.1) is 12.8 Å². The number of ether oxygens (including phenoxy) is 1. The molecule has 0 unspecified atom stereocenters. The Kier molecular flexibility index (Phi) is 6.70. The molecular formula is C24H29N3O3S. The first-order valence-electron chi connectivity index (χ1n) is 11.0. The largest absolute Gasteiger partial charge is 0.482 e. The lowest BCUT2D eigenvalue weighted by atomic mass is 9.86. The smallest absolute Gasteiger partial charge is 0.265 e. The van der Waals surface area contributed by atoms with Crippen molar-refractivity contribution in [2.45, 2.75) is 51.9 Å². The second-order valence-corrected chi connectivity index (χ2v) is 9.48. The number of carbonyl (C=O) groups is 2. The van der Waals surface area contributed by atoms with E-state index in [1.165, 1.54) is 43.4 Å². The molecule has 1 aromatic carbocycles. The molecule has 7 heteroatoms. The van der Waals surface area contributed by atoms with E-state index in [1.807, 2.05) is 25.1 Å². The normalized spacial score (nSPS) is 16.5. The Hall–Kier alpha value is -2.67. The number of benzene rings is 1. The summed E-state index contributed by atoms with van der Waals surface area (Å²) < 4.78 is 5.57. The summed E-state index contributed by atoms with van der Waals surface area (Å²) in [5, 5.41) is 3.60. The molecule has 2 aromatic rings. The van der Waals surface area contributed by atoms with E-state index in [-0.39, 0.29) is 18.4 Å². The summed E-state index contributed by atoms with van der Waals surface area (Å²) in [6.45, 7) is 6.20. The fraction of sp³-hybridized carbons (Fsp3) is 0.458. The second kappa shape index (κ2) is 9.64. The minimum absolute atomic E-state index is 0.0347. The molecule has 2 aliphatic rings. The lowest BCUT2D eigenvalue weighted by Crippen LogP contribution is -2.38. The van der Waals surface area contributed by atoms with Gasteiger partial charge in [0.25, 0.3) is 5.91 Å². The summed E-state index contributed by atoms with van der Waals surface area (Å²) in [5.74, 6) is 1.30. The minimum Gasteiger partial charge on any atom is -0.482 e. The maximum atomic E-state index is 12.4. The average Bonchev–Trinajstić information content (AvgIpc) is 3.14. The van der Waals surface area contributed by atoms with Gasteiger partial charge in [-0.05, 0) is 37.5 Å². The van der Waals surface area contributed by atoms with Crippen LogP contribution in [0.25, 0.3) is 11.3 Å². The number of aryl methyl sites for hydroxylation is 1. The zero-order chi connectivity index (χ0) is 21.8. The Morgan fingerprint density at radius 1 is 1.35 bits per heavy atom. The van der Waals surface area contributed by atoms with Crippen molar-refractivity contribution in [3.8, 4) is 17.0 Å². The standard InChI is InChI=1S/C24H29N3O3S/c1-3-13-27-19-14-18(10-11-20(19)30-15-22(27)29)23-16(2)31-24(26-23)25-21(28)12-9-17-7-5-4-6-8-17/h3,10-11,14,17H,1,4-9,12-13,15H2,2H3,(H,25,26,28). The molecule has 4 rings (SSSR count). The number of rotatable bonds is 7. The first-order chi connectivity index (χ1) is 15.0. The van der Waals surface area contributed by atoms with Crippen LogP contribution >= 0.6 is 11.3 Å². The Bertz CT molecular complexity index is 978. The van der Waals surface area contributed by atoms with Gasteiger partial charge in [0.2, 0.25) is 5.91 Å². The van der Waals surface area contributed by atoms with E-state index in [9.17, 15) is 9.59 Å². The van der Waals surface area contributed by atoms with Crippen LogP contribution in [-0.2, 0) is 9.59 Å². The van der Waals surface area contributed by atoms with Crippen molar-refractivity contribution in [1.29, 1.82) is 0 Å². The van der Waals surface area contributed by atoms with Crippen molar-refractivity contribution in [3.05, 3.63) is 35.7 Å². The molecule has 164 valence electrons. The van der Waals surface area contributed by atoms with E-state index >= 15 is 0 Å². The first-order valence-corrected chi connectivity index (χ1v) is 11.8. The highest BCUT2D eigenvalue weighted by atomic mass is 32.1. The maximum Gasteiger partial charge on any atom is 0.265 e. The number of hydrogen-bond acceptors (Lipinski definition) is 5. The van der Waals surface area contributed by atoms with Gasteiger partial charge in [0, 0.05) is 23.4 Å². The Labute approximate surface area is 187 Å². The van der Waals surface area contributed by atoms with Crippen molar-refractivity contribution >= 4 is 34.0 Å². The molecule has 1 aliphatic heterocycles. The van der Waals surface area contributed by atoms with Gasteiger partial charge in [0.05, 0.1) is 11.4 Å². The summed E-state index contributed by atoms with van der Waals surface area (Å²) in [7, 11) is 0. The van der Waals surface area contributed by atoms with Crippen LogP contribution in [0.1, 0.15) is 49.8 Å². The number of hydrogen-bond donors (Lipinski definition) is 1. The molecule has 2 heterocycles. The zero-order valence-electron chi connectivity index (χ0n) is 18.0. The Morgan fingerprint density at radius 2 is 2.16 bits per heavy atom. The molecule has 1 N–H and O–H groups in total. The number of nitrogens with zero attached hydrogens (tertiary/aromatic N) is 2. The monoisotopic (exact) mass is 439 g/mol. The van der Waals surface area contributed by atoms with E-state index in [2.05, 4.69) is 16.9 Å². The van der Waals surface area contributed by atoms with Gasteiger partial charge in [-0.25, -0.2) is 4.98 Å². The van der Waals surface area contributed by atoms with Crippen molar-refractivity contribution in [2.75, 3.05) is 23.4 Å². The van der Waals surface area contributed by atoms with Crippen LogP contribution in [-0.4, -0.2) is 29.9 Å². The second-order valence-electron chi connectivity index (χ2n) is 8.28. The predicted molar refractivity (Wildman–Crippen MR) is 125 cm³/mol. The molecule has 0 saturated heterocycles. The zero-order valence-corrected chi connectivity index (χ0v) is 18.8. The highest BCUT2D eigenvalue weighted by Gasteiger charge is 2.25. The fourth-order valence-corrected chi connectivity index (χ4v) is 5.24. The molecule has 1 aromatic heterocycles. The van der Waals surface area contributed by atoms with Gasteiger partial charge in [-0.3, -0.25) is 9.59 Å². The van der Waals surface area contributed by atoms with E-state index in [4.69, 9.17) is 4.74 Å². The third kappa shape index (κ3) is 4.98. The molecular weight excluding hydrogens is 410 g/mol. The quantitative estimate of drug-likeness (QED) is 0.592. The number of aromatic nitrogens is 1. The molecule has 1 saturated carbocycles. The average molecular weight is 440 g/mol. The van der Waals surface area contributed by atoms with Gasteiger partial charge >= 0.3 is 0 Å². The SMILES string of the molecule is C=CCN1C(=O)COc2ccc(-c3nc(NC(=O)CCC4CCCCC4)sc3C)cc21. The molecule has 1 aliphatic carbocycles. The van der Waals surface area contributed by atoms with Gasteiger partial charge in [0.1, 0.15) is 5.75 Å². The van der Waals surface area contributed by atoms with E-state index < -0.39 is 0 Å². The number of nitrogens with one attached hydrogen (secondary N) is 1. The van der Waals surface area contributed by atoms with Gasteiger partial charge in [-0.1, -0.05) is 38.2 Å². The molecule has 6 nitrogen and oxygen atoms in total. The third-order valence-electron chi connectivity index (χ3n) is 6.03. The molecule has 0 radical (unpaired) electrons. The molecule has 0 spiro atoms. The topological polar surface area (TPSA) is 71.5 Å². The lowest BCUT2D eigenvalue weighted by Gasteiger charge is -2.28. The highest BCUT2D eigenvalue weighted by molar-refractivity contribution is 7.16. The molecule has 0 bridgehead atoms. The summed E-state index contributed by atoms with van der Waals surface area (Å²) in [5.41, 5.74) is 2.42. The van der Waals surface area contributed by atoms with Gasteiger partial charge in [-0.15, -0.1) is 17.9 Å². The number of thiazole rings is 1. The van der Waals surface area contributed by atoms with Crippen LogP contribution in [0.2, 0.25) is 0 Å². The van der Waals surface area contributed by atoms with E-state index in [0.29, 0.717) is 29.8 Å². The van der Waals surface area contributed by atoms with E-state index in [0.717, 1.165) is 28.2 Å². The molecule has 1 fully saturated rings. The number of anilines is 2. The lowest BCUT2D eigenvalue weighted by molar-refractivity contribution is -0.121. The minimum atomic E-state index is -0.0922. The molecule has 0 atom stereocenters. The van der Waals surface area contributed by atoms with Crippen LogP contribution in [0.3, 0.4) is 0 Å². The van der Waals surface area contributed by atoms with Gasteiger partial charge in [-0.2, -0.15) is 0 Å². The summed E-state index contributed by atoms with van der Waals surface area (Å²) in [4.78, 5) is 32.1. The first kappa shape index (κ1) is 21.6. The van der Waals surface area contributed by atoms with Crippen molar-refractivity contribution in [2.24, 2.45) is 5.92 Å². The third-order valence-corrected chi connectivity index (χ3v) is 6.92. The number of fused-ring (bicyclic) bond motifs is 1. The number of carbonyl (C=O) groups excluding carboxylic acids is 2. The fourth-order valence-electron chi connectivity index (χ4n) is 4.39. The Balaban J connectivity index is 1.47. The van der Waals surface area contributed by atoms with Crippen LogP contribution in [0.5, 0.6) is 5.75 Å². The maximum absolute atomic E-state index is 12.4. The van der Waals surface area contributed by atoms with Crippen molar-refractivity contribution < 1.29 is 14.3 Å². The number of amides is 2. The predicted octanol–water partition coefficient (Wildman–Crippen LogP) is 5.33. The summed E-state index contributed by atoms with van der Waals surface area (Å²) >= 11 is 1.48. The summed E-state index contributed by atoms with van der Waals surface area (Å²) in [6.07, 6.45) is 9.63. The van der Waals surface area contributed by atoms with Crippen LogP contribution in [0.15, 0.2) is 30.9 Å². The summed E-state index contributed by atoms with van der Waals surface area (Å²) in [6, 6.07) is 5.73. The van der Waals surface area contributed by atoms with Gasteiger partial charge < -0.3 is 15.0 Å². The Morgan fingerprint density at radius 3 is 2.94 bits per heavy atom. The molecule has 2 amide bonds. The van der Waals surface area contributed by atoms with Crippen molar-refractivity contribution in [1.82, 2.24) is 4.98 Å². The van der Waals surface area contributed by atoms with E-state index in [1.54, 1.807) is 11.0 Å². The van der Waals surface area contributed by atoms with Crippen LogP contribution < -0.4 is 15.0 Å². The van der Waals surface area contributed by atoms with Gasteiger partial charge in [0.15, 0.2) is 11.7 Å². The van der Waals surface area contributed by atoms with Crippen molar-refractivity contribution in [3.63, 3.8) is 0 Å². The highest BCUT2D eigenvalue weighted by Crippen LogP contribution is 2.38. The van der Waals surface area contributed by atoms with Crippen LogP contribution in [0.4, 0.5) is 10.8 Å².